The number of anilines is 1. The molecule has 0 bridgehead atoms. The topological polar surface area (TPSA) is 78.6 Å². The standard InChI is InChI=1S/C13H16BrNO4/c1-7(2)19-12(17)6-18-13-10(8(3)16)4-9(14)5-11(13)15/h4-5,7H,6,15H2,1-3H3. The number of ketones is 1. The van der Waals surface area contributed by atoms with Crippen LogP contribution in [-0.2, 0) is 9.53 Å². The fourth-order valence-electron chi connectivity index (χ4n) is 1.47. The van der Waals surface area contributed by atoms with Crippen LogP contribution in [0.5, 0.6) is 5.75 Å². The van der Waals surface area contributed by atoms with Gasteiger partial charge in [-0.25, -0.2) is 4.79 Å². The van der Waals surface area contributed by atoms with Crippen molar-refractivity contribution in [3.63, 3.8) is 0 Å². The molecule has 104 valence electrons. The summed E-state index contributed by atoms with van der Waals surface area (Å²) in [6, 6.07) is 3.21. The Bertz CT molecular complexity index is 500. The molecule has 0 heterocycles. The highest BCUT2D eigenvalue weighted by atomic mass is 79.9. The Hall–Kier alpha value is -1.56. The summed E-state index contributed by atoms with van der Waals surface area (Å²) in [5, 5.41) is 0. The van der Waals surface area contributed by atoms with E-state index in [0.29, 0.717) is 10.0 Å². The summed E-state index contributed by atoms with van der Waals surface area (Å²) in [6.07, 6.45) is -0.217. The first kappa shape index (κ1) is 15.5. The number of nitrogen functional groups attached to an aromatic ring is 1. The minimum absolute atomic E-state index is 0.194. The lowest BCUT2D eigenvalue weighted by Crippen LogP contribution is -2.19. The molecule has 0 spiro atoms. The summed E-state index contributed by atoms with van der Waals surface area (Å²) in [7, 11) is 0. The predicted octanol–water partition coefficient (Wildman–Crippen LogP) is 2.56. The first-order valence-electron chi connectivity index (χ1n) is 5.73. The maximum absolute atomic E-state index is 11.5. The molecule has 0 saturated carbocycles. The SMILES string of the molecule is CC(=O)c1cc(Br)cc(N)c1OCC(=O)OC(C)C. The van der Waals surface area contributed by atoms with Gasteiger partial charge in [0.05, 0.1) is 17.4 Å². The molecule has 0 atom stereocenters. The van der Waals surface area contributed by atoms with Crippen LogP contribution in [0.2, 0.25) is 0 Å². The molecule has 0 fully saturated rings. The van der Waals surface area contributed by atoms with Crippen LogP contribution in [0.25, 0.3) is 0 Å². The molecule has 1 aromatic carbocycles. The molecular formula is C13H16BrNO4. The van der Waals surface area contributed by atoms with Gasteiger partial charge in [-0.3, -0.25) is 4.79 Å². The van der Waals surface area contributed by atoms with Gasteiger partial charge in [0.25, 0.3) is 0 Å². The highest BCUT2D eigenvalue weighted by Crippen LogP contribution is 2.31. The number of hydrogen-bond acceptors (Lipinski definition) is 5. The third kappa shape index (κ3) is 4.55. The van der Waals surface area contributed by atoms with Gasteiger partial charge >= 0.3 is 5.97 Å². The van der Waals surface area contributed by atoms with Crippen LogP contribution in [0.15, 0.2) is 16.6 Å². The number of carbonyl (C=O) groups excluding carboxylic acids is 2. The zero-order valence-electron chi connectivity index (χ0n) is 11.0. The van der Waals surface area contributed by atoms with Crippen molar-refractivity contribution >= 4 is 33.4 Å². The minimum Gasteiger partial charge on any atom is -0.479 e. The third-order valence-electron chi connectivity index (χ3n) is 2.16. The number of nitrogens with two attached hydrogens (primary N) is 1. The molecule has 0 radical (unpaired) electrons. The normalized spacial score (nSPS) is 10.4. The summed E-state index contributed by atoms with van der Waals surface area (Å²) >= 11 is 3.25. The molecular weight excluding hydrogens is 314 g/mol. The highest BCUT2D eigenvalue weighted by Gasteiger charge is 2.15. The van der Waals surface area contributed by atoms with Crippen LogP contribution < -0.4 is 10.5 Å². The van der Waals surface area contributed by atoms with Crippen molar-refractivity contribution in [2.75, 3.05) is 12.3 Å². The molecule has 0 saturated heterocycles. The molecule has 0 aliphatic rings. The quantitative estimate of drug-likeness (QED) is 0.510. The molecule has 0 aliphatic carbocycles. The average molecular weight is 330 g/mol. The summed E-state index contributed by atoms with van der Waals surface area (Å²) in [5.41, 5.74) is 6.40. The Morgan fingerprint density at radius 1 is 1.37 bits per heavy atom. The van der Waals surface area contributed by atoms with E-state index in [0.717, 1.165) is 0 Å². The van der Waals surface area contributed by atoms with Crippen LogP contribution in [-0.4, -0.2) is 24.5 Å². The lowest BCUT2D eigenvalue weighted by Gasteiger charge is -2.13. The number of esters is 1. The van der Waals surface area contributed by atoms with Crippen molar-refractivity contribution in [1.82, 2.24) is 0 Å². The van der Waals surface area contributed by atoms with E-state index in [1.807, 2.05) is 0 Å². The van der Waals surface area contributed by atoms with E-state index < -0.39 is 5.97 Å². The number of benzene rings is 1. The minimum atomic E-state index is -0.508. The smallest absolute Gasteiger partial charge is 0.344 e. The van der Waals surface area contributed by atoms with Crippen molar-refractivity contribution in [1.29, 1.82) is 0 Å². The van der Waals surface area contributed by atoms with Gasteiger partial charge in [-0.05, 0) is 32.9 Å². The first-order chi connectivity index (χ1) is 8.81. The van der Waals surface area contributed by atoms with Gasteiger partial charge in [0.1, 0.15) is 0 Å². The number of halogens is 1. The van der Waals surface area contributed by atoms with Gasteiger partial charge in [0.2, 0.25) is 0 Å². The van der Waals surface area contributed by atoms with E-state index in [9.17, 15) is 9.59 Å². The Morgan fingerprint density at radius 3 is 2.53 bits per heavy atom. The van der Waals surface area contributed by atoms with E-state index in [-0.39, 0.29) is 29.9 Å². The molecule has 0 aliphatic heterocycles. The number of carbonyl (C=O) groups is 2. The van der Waals surface area contributed by atoms with E-state index in [1.165, 1.54) is 6.92 Å². The second kappa shape index (κ2) is 6.56. The summed E-state index contributed by atoms with van der Waals surface area (Å²) in [4.78, 5) is 22.9. The Labute approximate surface area is 120 Å². The van der Waals surface area contributed by atoms with Gasteiger partial charge in [-0.2, -0.15) is 0 Å². The second-order valence-electron chi connectivity index (χ2n) is 4.26. The van der Waals surface area contributed by atoms with Crippen LogP contribution in [0, 0.1) is 0 Å². The third-order valence-corrected chi connectivity index (χ3v) is 2.62. The van der Waals surface area contributed by atoms with Crippen LogP contribution in [0.4, 0.5) is 5.69 Å². The van der Waals surface area contributed by atoms with Gasteiger partial charge in [0, 0.05) is 4.47 Å². The fourth-order valence-corrected chi connectivity index (χ4v) is 1.94. The van der Waals surface area contributed by atoms with Crippen LogP contribution >= 0.6 is 15.9 Å². The van der Waals surface area contributed by atoms with Crippen molar-refractivity contribution in [3.8, 4) is 5.75 Å². The molecule has 5 nitrogen and oxygen atoms in total. The molecule has 2 N–H and O–H groups in total. The van der Waals surface area contributed by atoms with E-state index in [1.54, 1.807) is 26.0 Å². The Kier molecular flexibility index (Phi) is 5.35. The lowest BCUT2D eigenvalue weighted by molar-refractivity contribution is -0.149. The number of hydrogen-bond donors (Lipinski definition) is 1. The lowest BCUT2D eigenvalue weighted by atomic mass is 10.1. The highest BCUT2D eigenvalue weighted by molar-refractivity contribution is 9.10. The zero-order chi connectivity index (χ0) is 14.6. The molecule has 1 rings (SSSR count). The van der Waals surface area contributed by atoms with Crippen molar-refractivity contribution in [2.45, 2.75) is 26.9 Å². The zero-order valence-corrected chi connectivity index (χ0v) is 12.6. The predicted molar refractivity (Wildman–Crippen MR) is 75.3 cm³/mol. The second-order valence-corrected chi connectivity index (χ2v) is 5.17. The van der Waals surface area contributed by atoms with E-state index >= 15 is 0 Å². The van der Waals surface area contributed by atoms with Crippen LogP contribution in [0.3, 0.4) is 0 Å². The van der Waals surface area contributed by atoms with Crippen LogP contribution in [0.1, 0.15) is 31.1 Å². The van der Waals surface area contributed by atoms with Gasteiger partial charge in [-0.15, -0.1) is 0 Å². The van der Waals surface area contributed by atoms with Crippen molar-refractivity contribution in [3.05, 3.63) is 22.2 Å². The monoisotopic (exact) mass is 329 g/mol. The van der Waals surface area contributed by atoms with Gasteiger partial charge in [-0.1, -0.05) is 15.9 Å². The number of rotatable bonds is 5. The largest absolute Gasteiger partial charge is 0.479 e. The van der Waals surface area contributed by atoms with Crippen molar-refractivity contribution in [2.24, 2.45) is 0 Å². The fraction of sp³-hybridized carbons (Fsp3) is 0.385. The summed E-state index contributed by atoms with van der Waals surface area (Å²) in [6.45, 7) is 4.60. The molecule has 1 aromatic rings. The molecule has 0 amide bonds. The molecule has 19 heavy (non-hydrogen) atoms. The number of Topliss-reactive ketones (excluding diaryl/α,β-unsaturated/α-hetero) is 1. The van der Waals surface area contributed by atoms with Crippen molar-refractivity contribution < 1.29 is 19.1 Å². The average Bonchev–Trinajstić information content (AvgIpc) is 2.25. The summed E-state index contributed by atoms with van der Waals surface area (Å²) in [5.74, 6) is -0.497. The maximum atomic E-state index is 11.5. The Balaban J connectivity index is 2.89. The van der Waals surface area contributed by atoms with E-state index in [4.69, 9.17) is 15.2 Å². The molecule has 6 heteroatoms. The van der Waals surface area contributed by atoms with E-state index in [2.05, 4.69) is 15.9 Å². The number of ether oxygens (including phenoxy) is 2. The maximum Gasteiger partial charge on any atom is 0.344 e. The first-order valence-corrected chi connectivity index (χ1v) is 6.52. The summed E-state index contributed by atoms with van der Waals surface area (Å²) < 4.78 is 10.9. The molecule has 0 unspecified atom stereocenters. The molecule has 0 aromatic heterocycles. The Morgan fingerprint density at radius 2 is 2.00 bits per heavy atom. The van der Waals surface area contributed by atoms with Gasteiger partial charge < -0.3 is 15.2 Å². The van der Waals surface area contributed by atoms with Gasteiger partial charge in [0.15, 0.2) is 18.1 Å².